The van der Waals surface area contributed by atoms with Gasteiger partial charge >= 0.3 is 0 Å². The summed E-state index contributed by atoms with van der Waals surface area (Å²) in [7, 11) is 0. The summed E-state index contributed by atoms with van der Waals surface area (Å²) in [6.07, 6.45) is 6.07. The Morgan fingerprint density at radius 3 is 2.81 bits per heavy atom. The maximum atomic E-state index is 12.6. The Morgan fingerprint density at radius 2 is 2.04 bits per heavy atom. The molecule has 2 aromatic heterocycles. The average Bonchev–Trinajstić information content (AvgIpc) is 3.11. The summed E-state index contributed by atoms with van der Waals surface area (Å²) in [6.45, 7) is 5.26. The first kappa shape index (κ1) is 17.9. The number of aromatic nitrogens is 1. The van der Waals surface area contributed by atoms with Gasteiger partial charge in [-0.15, -0.1) is 11.8 Å². The van der Waals surface area contributed by atoms with Crippen LogP contribution in [0.5, 0.6) is 0 Å². The van der Waals surface area contributed by atoms with Crippen LogP contribution in [0.15, 0.2) is 52.2 Å². The molecule has 0 aliphatic carbocycles. The fourth-order valence-corrected chi connectivity index (χ4v) is 4.01. The minimum atomic E-state index is 0.0397. The monoisotopic (exact) mass is 381 g/mol. The molecule has 0 unspecified atom stereocenters. The Labute approximate surface area is 163 Å². The van der Waals surface area contributed by atoms with Crippen LogP contribution in [0.25, 0.3) is 10.9 Å². The lowest BCUT2D eigenvalue weighted by Crippen LogP contribution is -2.35. The molecule has 1 fully saturated rings. The first-order valence-corrected chi connectivity index (χ1v) is 10.4. The number of nitrogens with zero attached hydrogens (tertiary/aromatic N) is 3. The zero-order chi connectivity index (χ0) is 18.8. The van der Waals surface area contributed by atoms with Crippen molar-refractivity contribution < 1.29 is 9.21 Å². The van der Waals surface area contributed by atoms with Crippen LogP contribution < -0.4 is 4.90 Å². The van der Waals surface area contributed by atoms with E-state index in [0.29, 0.717) is 12.1 Å². The van der Waals surface area contributed by atoms with Gasteiger partial charge in [-0.3, -0.25) is 4.79 Å². The van der Waals surface area contributed by atoms with Gasteiger partial charge < -0.3 is 14.2 Å². The minimum absolute atomic E-state index is 0.0397. The third-order valence-corrected chi connectivity index (χ3v) is 5.81. The molecule has 1 amide bonds. The Bertz CT molecular complexity index is 955. The Hall–Kier alpha value is -2.47. The molecule has 6 heteroatoms. The molecule has 0 spiro atoms. The van der Waals surface area contributed by atoms with Gasteiger partial charge in [0.05, 0.1) is 17.3 Å². The van der Waals surface area contributed by atoms with E-state index in [0.717, 1.165) is 37.4 Å². The molecule has 3 aromatic rings. The number of hydrogen-bond acceptors (Lipinski definition) is 5. The summed E-state index contributed by atoms with van der Waals surface area (Å²) in [5, 5.41) is 1.20. The summed E-state index contributed by atoms with van der Waals surface area (Å²) in [5.41, 5.74) is 2.89. The van der Waals surface area contributed by atoms with E-state index in [9.17, 15) is 4.79 Å². The van der Waals surface area contributed by atoms with Crippen LogP contribution in [0.1, 0.15) is 22.3 Å². The largest absolute Gasteiger partial charge is 0.472 e. The predicted octanol–water partition coefficient (Wildman–Crippen LogP) is 4.21. The normalized spacial score (nSPS) is 15.2. The van der Waals surface area contributed by atoms with Crippen molar-refractivity contribution in [3.63, 3.8) is 0 Å². The minimum Gasteiger partial charge on any atom is -0.472 e. The van der Waals surface area contributed by atoms with Gasteiger partial charge in [-0.25, -0.2) is 4.98 Å². The van der Waals surface area contributed by atoms with Gasteiger partial charge in [0.1, 0.15) is 12.1 Å². The molecular weight excluding hydrogens is 358 g/mol. The van der Waals surface area contributed by atoms with Crippen molar-refractivity contribution in [3.8, 4) is 0 Å². The summed E-state index contributed by atoms with van der Waals surface area (Å²) in [5.74, 6) is 1.04. The highest BCUT2D eigenvalue weighted by molar-refractivity contribution is 7.98. The van der Waals surface area contributed by atoms with E-state index in [2.05, 4.69) is 42.3 Å². The molecule has 140 valence electrons. The second-order valence-electron chi connectivity index (χ2n) is 6.83. The zero-order valence-corrected chi connectivity index (χ0v) is 16.5. The van der Waals surface area contributed by atoms with Crippen LogP contribution >= 0.6 is 11.8 Å². The maximum absolute atomic E-state index is 12.6. The highest BCUT2D eigenvalue weighted by Gasteiger charge is 2.22. The SMILES string of the molecule is CSc1ccc2c(C)cc(N3CCCN(C(=O)c4ccoc4)CC3)nc2c1. The van der Waals surface area contributed by atoms with Crippen LogP contribution in [0.2, 0.25) is 0 Å². The number of anilines is 1. The van der Waals surface area contributed by atoms with E-state index in [1.54, 1.807) is 24.1 Å². The number of aryl methyl sites for hydroxylation is 1. The first-order valence-electron chi connectivity index (χ1n) is 9.17. The van der Waals surface area contributed by atoms with E-state index >= 15 is 0 Å². The van der Waals surface area contributed by atoms with E-state index in [1.165, 1.54) is 22.1 Å². The summed E-state index contributed by atoms with van der Waals surface area (Å²) in [4.78, 5) is 22.9. The molecule has 0 bridgehead atoms. The standard InChI is InChI=1S/C21H23N3O2S/c1-15-12-20(22-19-13-17(27-2)4-5-18(15)19)23-7-3-8-24(10-9-23)21(25)16-6-11-26-14-16/h4-6,11-14H,3,7-10H2,1-2H3. The van der Waals surface area contributed by atoms with Gasteiger partial charge in [-0.2, -0.15) is 0 Å². The molecule has 1 aliphatic rings. The molecule has 1 aromatic carbocycles. The molecule has 0 radical (unpaired) electrons. The second kappa shape index (κ2) is 7.64. The molecule has 4 rings (SSSR count). The lowest BCUT2D eigenvalue weighted by Gasteiger charge is -2.23. The highest BCUT2D eigenvalue weighted by atomic mass is 32.2. The van der Waals surface area contributed by atoms with Gasteiger partial charge in [-0.1, -0.05) is 6.07 Å². The lowest BCUT2D eigenvalue weighted by molar-refractivity contribution is 0.0766. The fraction of sp³-hybridized carbons (Fsp3) is 0.333. The van der Waals surface area contributed by atoms with Gasteiger partial charge in [-0.05, 0) is 49.4 Å². The summed E-state index contributed by atoms with van der Waals surface area (Å²) >= 11 is 1.73. The third kappa shape index (κ3) is 3.67. The number of pyridine rings is 1. The van der Waals surface area contributed by atoms with Crippen LogP contribution in [0.3, 0.4) is 0 Å². The Kier molecular flexibility index (Phi) is 5.07. The van der Waals surface area contributed by atoms with Crippen molar-refractivity contribution in [1.29, 1.82) is 0 Å². The quantitative estimate of drug-likeness (QED) is 0.636. The fourth-order valence-electron chi connectivity index (χ4n) is 3.57. The lowest BCUT2D eigenvalue weighted by atomic mass is 10.1. The summed E-state index contributed by atoms with van der Waals surface area (Å²) in [6, 6.07) is 10.3. The van der Waals surface area contributed by atoms with Crippen molar-refractivity contribution >= 4 is 34.4 Å². The van der Waals surface area contributed by atoms with Crippen LogP contribution in [0.4, 0.5) is 5.82 Å². The number of fused-ring (bicyclic) bond motifs is 1. The highest BCUT2D eigenvalue weighted by Crippen LogP contribution is 2.27. The van der Waals surface area contributed by atoms with Crippen molar-refractivity contribution in [2.75, 3.05) is 37.3 Å². The predicted molar refractivity (Wildman–Crippen MR) is 110 cm³/mol. The van der Waals surface area contributed by atoms with Gasteiger partial charge in [0, 0.05) is 36.5 Å². The number of carbonyl (C=O) groups is 1. The molecule has 27 heavy (non-hydrogen) atoms. The number of hydrogen-bond donors (Lipinski definition) is 0. The van der Waals surface area contributed by atoms with Crippen molar-refractivity contribution in [1.82, 2.24) is 9.88 Å². The topological polar surface area (TPSA) is 49.6 Å². The molecule has 5 nitrogen and oxygen atoms in total. The van der Waals surface area contributed by atoms with Gasteiger partial charge in [0.25, 0.3) is 5.91 Å². The average molecular weight is 382 g/mol. The number of amides is 1. The molecule has 1 saturated heterocycles. The first-order chi connectivity index (χ1) is 13.2. The van der Waals surface area contributed by atoms with E-state index in [1.807, 2.05) is 4.90 Å². The maximum Gasteiger partial charge on any atom is 0.257 e. The number of thioether (sulfide) groups is 1. The van der Waals surface area contributed by atoms with E-state index in [4.69, 9.17) is 9.40 Å². The van der Waals surface area contributed by atoms with Crippen molar-refractivity contribution in [3.05, 3.63) is 54.0 Å². The van der Waals surface area contributed by atoms with Crippen LogP contribution in [-0.2, 0) is 0 Å². The smallest absolute Gasteiger partial charge is 0.257 e. The van der Waals surface area contributed by atoms with Crippen molar-refractivity contribution in [2.24, 2.45) is 0 Å². The molecule has 1 aliphatic heterocycles. The second-order valence-corrected chi connectivity index (χ2v) is 7.70. The van der Waals surface area contributed by atoms with Crippen LogP contribution in [0, 0.1) is 6.92 Å². The number of carbonyl (C=O) groups excluding carboxylic acids is 1. The summed E-state index contributed by atoms with van der Waals surface area (Å²) < 4.78 is 5.05. The molecular formula is C21H23N3O2S. The van der Waals surface area contributed by atoms with Gasteiger partial charge in [0.2, 0.25) is 0 Å². The van der Waals surface area contributed by atoms with Gasteiger partial charge in [0.15, 0.2) is 0 Å². The van der Waals surface area contributed by atoms with Crippen molar-refractivity contribution in [2.45, 2.75) is 18.2 Å². The number of rotatable bonds is 3. The molecule has 0 N–H and O–H groups in total. The van der Waals surface area contributed by atoms with E-state index in [-0.39, 0.29) is 5.91 Å². The zero-order valence-electron chi connectivity index (χ0n) is 15.6. The third-order valence-electron chi connectivity index (χ3n) is 5.09. The number of furan rings is 1. The number of benzene rings is 1. The molecule has 0 atom stereocenters. The van der Waals surface area contributed by atoms with Crippen LogP contribution in [-0.4, -0.2) is 48.2 Å². The molecule has 3 heterocycles. The molecule has 0 saturated carbocycles. The Balaban J connectivity index is 1.56. The Morgan fingerprint density at radius 1 is 1.15 bits per heavy atom. The van der Waals surface area contributed by atoms with E-state index < -0.39 is 0 Å².